The molecule has 1 unspecified atom stereocenters. The van der Waals surface area contributed by atoms with E-state index < -0.39 is 6.23 Å². The summed E-state index contributed by atoms with van der Waals surface area (Å²) in [6.45, 7) is 7.32. The third-order valence-electron chi connectivity index (χ3n) is 4.89. The van der Waals surface area contributed by atoms with Crippen molar-refractivity contribution in [1.29, 1.82) is 0 Å². The molecule has 0 saturated carbocycles. The minimum atomic E-state index is -0.515. The maximum absolute atomic E-state index is 9.75. The maximum Gasteiger partial charge on any atom is 0.130 e. The summed E-state index contributed by atoms with van der Waals surface area (Å²) in [5.74, 6) is 0. The smallest absolute Gasteiger partial charge is 0.130 e. The molecule has 0 aliphatic carbocycles. The second-order valence-electron chi connectivity index (χ2n) is 7.06. The van der Waals surface area contributed by atoms with Crippen molar-refractivity contribution in [2.75, 3.05) is 40.5 Å². The predicted octanol–water partition coefficient (Wildman–Crippen LogP) is 1.30. The molecule has 2 saturated heterocycles. The first-order chi connectivity index (χ1) is 9.94. The van der Waals surface area contributed by atoms with Crippen LogP contribution in [0.3, 0.4) is 0 Å². The fourth-order valence-corrected chi connectivity index (χ4v) is 3.57. The van der Waals surface area contributed by atoms with Crippen molar-refractivity contribution >= 4 is 0 Å². The Hall–Kier alpha value is -0.200. The van der Waals surface area contributed by atoms with Gasteiger partial charge < -0.3 is 14.6 Å². The van der Waals surface area contributed by atoms with Gasteiger partial charge in [-0.15, -0.1) is 0 Å². The van der Waals surface area contributed by atoms with Gasteiger partial charge >= 0.3 is 0 Å². The lowest BCUT2D eigenvalue weighted by molar-refractivity contribution is -0.0551. The van der Waals surface area contributed by atoms with Crippen LogP contribution in [0.5, 0.6) is 0 Å². The summed E-state index contributed by atoms with van der Waals surface area (Å²) in [5, 5.41) is 9.75. The van der Waals surface area contributed by atoms with Gasteiger partial charge in [-0.05, 0) is 60.2 Å². The Morgan fingerprint density at radius 3 is 2.76 bits per heavy atom. The van der Waals surface area contributed by atoms with Crippen molar-refractivity contribution in [3.63, 3.8) is 0 Å². The molecule has 5 heteroatoms. The maximum atomic E-state index is 9.75. The summed E-state index contributed by atoms with van der Waals surface area (Å²) < 4.78 is 11.7. The van der Waals surface area contributed by atoms with Crippen LogP contribution in [-0.2, 0) is 9.47 Å². The van der Waals surface area contributed by atoms with Crippen LogP contribution in [0.15, 0.2) is 0 Å². The lowest BCUT2D eigenvalue weighted by atomic mass is 9.95. The summed E-state index contributed by atoms with van der Waals surface area (Å²) in [7, 11) is 3.72. The zero-order chi connectivity index (χ0) is 15.5. The molecule has 2 aliphatic heterocycles. The predicted molar refractivity (Wildman–Crippen MR) is 83.3 cm³/mol. The zero-order valence-corrected chi connectivity index (χ0v) is 14.0. The van der Waals surface area contributed by atoms with Crippen LogP contribution in [0.25, 0.3) is 0 Å². The Morgan fingerprint density at radius 1 is 1.33 bits per heavy atom. The SMILES string of the molecule is CC(C)OC[C@]12CCCN1[C@@H](COCC(O)N(C)C)CC2. The quantitative estimate of drug-likeness (QED) is 0.685. The van der Waals surface area contributed by atoms with Crippen molar-refractivity contribution in [1.82, 2.24) is 9.80 Å². The molecule has 2 rings (SSSR count). The number of ether oxygens (including phenoxy) is 2. The molecule has 0 spiro atoms. The van der Waals surface area contributed by atoms with E-state index in [-0.39, 0.29) is 5.54 Å². The van der Waals surface area contributed by atoms with E-state index in [0.29, 0.717) is 25.4 Å². The minimum Gasteiger partial charge on any atom is -0.377 e. The molecule has 0 bridgehead atoms. The van der Waals surface area contributed by atoms with E-state index in [1.807, 2.05) is 14.1 Å². The van der Waals surface area contributed by atoms with Crippen LogP contribution in [0.2, 0.25) is 0 Å². The third kappa shape index (κ3) is 4.17. The number of aliphatic hydroxyl groups excluding tert-OH is 1. The van der Waals surface area contributed by atoms with Gasteiger partial charge in [-0.1, -0.05) is 0 Å². The zero-order valence-electron chi connectivity index (χ0n) is 14.0. The van der Waals surface area contributed by atoms with E-state index >= 15 is 0 Å². The van der Waals surface area contributed by atoms with E-state index in [1.54, 1.807) is 4.90 Å². The number of nitrogens with zero attached hydrogens (tertiary/aromatic N) is 2. The first-order valence-electron chi connectivity index (χ1n) is 8.25. The molecule has 0 aromatic heterocycles. The van der Waals surface area contributed by atoms with Crippen LogP contribution < -0.4 is 0 Å². The largest absolute Gasteiger partial charge is 0.377 e. The molecule has 124 valence electrons. The molecule has 0 radical (unpaired) electrons. The van der Waals surface area contributed by atoms with E-state index in [4.69, 9.17) is 9.47 Å². The van der Waals surface area contributed by atoms with Gasteiger partial charge in [0.15, 0.2) is 0 Å². The van der Waals surface area contributed by atoms with Gasteiger partial charge in [-0.25, -0.2) is 0 Å². The first-order valence-corrected chi connectivity index (χ1v) is 8.25. The highest BCUT2D eigenvalue weighted by atomic mass is 16.5. The first kappa shape index (κ1) is 17.2. The van der Waals surface area contributed by atoms with Crippen molar-refractivity contribution in [3.8, 4) is 0 Å². The van der Waals surface area contributed by atoms with E-state index in [9.17, 15) is 5.11 Å². The molecule has 5 nitrogen and oxygen atoms in total. The van der Waals surface area contributed by atoms with Crippen LogP contribution >= 0.6 is 0 Å². The number of likely N-dealkylation sites (N-methyl/N-ethyl adjacent to an activating group) is 1. The summed E-state index contributed by atoms with van der Waals surface area (Å²) in [6, 6.07) is 0.484. The molecule has 21 heavy (non-hydrogen) atoms. The van der Waals surface area contributed by atoms with Crippen molar-refractivity contribution in [3.05, 3.63) is 0 Å². The number of hydrogen-bond donors (Lipinski definition) is 1. The molecule has 2 heterocycles. The third-order valence-corrected chi connectivity index (χ3v) is 4.89. The highest BCUT2D eigenvalue weighted by Crippen LogP contribution is 2.42. The van der Waals surface area contributed by atoms with Gasteiger partial charge in [0.1, 0.15) is 6.23 Å². The minimum absolute atomic E-state index is 0.248. The lowest BCUT2D eigenvalue weighted by Gasteiger charge is -2.35. The number of aliphatic hydroxyl groups is 1. The summed E-state index contributed by atoms with van der Waals surface area (Å²) >= 11 is 0. The molecule has 0 aromatic carbocycles. The Morgan fingerprint density at radius 2 is 2.10 bits per heavy atom. The van der Waals surface area contributed by atoms with Gasteiger partial charge in [-0.2, -0.15) is 0 Å². The van der Waals surface area contributed by atoms with Gasteiger partial charge in [0, 0.05) is 11.6 Å². The molecule has 2 aliphatic rings. The van der Waals surface area contributed by atoms with Gasteiger partial charge in [0.25, 0.3) is 0 Å². The number of fused-ring (bicyclic) bond motifs is 1. The Balaban J connectivity index is 1.81. The molecular formula is C16H32N2O3. The van der Waals surface area contributed by atoms with Crippen molar-refractivity contribution < 1.29 is 14.6 Å². The highest BCUT2D eigenvalue weighted by molar-refractivity contribution is 5.04. The highest BCUT2D eigenvalue weighted by Gasteiger charge is 2.49. The fourth-order valence-electron chi connectivity index (χ4n) is 3.57. The second kappa shape index (κ2) is 7.38. The number of hydrogen-bond acceptors (Lipinski definition) is 5. The van der Waals surface area contributed by atoms with Crippen LogP contribution in [0.1, 0.15) is 39.5 Å². The van der Waals surface area contributed by atoms with Gasteiger partial charge in [-0.3, -0.25) is 9.80 Å². The van der Waals surface area contributed by atoms with Crippen LogP contribution in [0.4, 0.5) is 0 Å². The van der Waals surface area contributed by atoms with Gasteiger partial charge in [0.05, 0.1) is 25.9 Å². The van der Waals surface area contributed by atoms with Crippen molar-refractivity contribution in [2.45, 2.75) is 63.4 Å². The summed E-state index contributed by atoms with van der Waals surface area (Å²) in [5.41, 5.74) is 0.248. The molecule has 0 aromatic rings. The Bertz CT molecular complexity index is 325. The molecule has 1 N–H and O–H groups in total. The van der Waals surface area contributed by atoms with E-state index in [1.165, 1.54) is 25.7 Å². The molecule has 3 atom stereocenters. The standard InChI is InChI=1S/C16H32N2O3/c1-13(2)21-12-16-7-5-9-18(16)14(6-8-16)10-20-11-15(19)17(3)4/h13-15,19H,5-12H2,1-4H3/t14-,15?,16-/m1/s1. The van der Waals surface area contributed by atoms with Crippen molar-refractivity contribution in [2.24, 2.45) is 0 Å². The number of rotatable bonds is 8. The Labute approximate surface area is 129 Å². The average molecular weight is 300 g/mol. The fraction of sp³-hybridized carbons (Fsp3) is 1.00. The van der Waals surface area contributed by atoms with E-state index in [0.717, 1.165) is 13.2 Å². The van der Waals surface area contributed by atoms with Crippen LogP contribution in [-0.4, -0.2) is 79.3 Å². The summed E-state index contributed by atoms with van der Waals surface area (Å²) in [6.07, 6.45) is 4.68. The molecular weight excluding hydrogens is 268 g/mol. The van der Waals surface area contributed by atoms with Gasteiger partial charge in [0.2, 0.25) is 0 Å². The molecule has 0 amide bonds. The summed E-state index contributed by atoms with van der Waals surface area (Å²) in [4.78, 5) is 4.38. The molecule has 2 fully saturated rings. The monoisotopic (exact) mass is 300 g/mol. The second-order valence-corrected chi connectivity index (χ2v) is 7.06. The normalized spacial score (nSPS) is 31.3. The average Bonchev–Trinajstić information content (AvgIpc) is 2.96. The van der Waals surface area contributed by atoms with Crippen LogP contribution in [0, 0.1) is 0 Å². The topological polar surface area (TPSA) is 45.2 Å². The lowest BCUT2D eigenvalue weighted by Crippen LogP contribution is -2.47. The van der Waals surface area contributed by atoms with E-state index in [2.05, 4.69) is 18.7 Å². The Kier molecular flexibility index (Phi) is 6.03.